The molecule has 0 amide bonds. The van der Waals surface area contributed by atoms with Gasteiger partial charge in [0.2, 0.25) is 0 Å². The fourth-order valence-corrected chi connectivity index (χ4v) is 6.98. The molecule has 0 saturated heterocycles. The molecular formula is C10H27O3PSSi2. The van der Waals surface area contributed by atoms with Crippen molar-refractivity contribution in [2.24, 2.45) is 0 Å². The summed E-state index contributed by atoms with van der Waals surface area (Å²) in [5, 5.41) is 0. The van der Waals surface area contributed by atoms with E-state index in [1.54, 1.807) is 0 Å². The summed E-state index contributed by atoms with van der Waals surface area (Å²) in [6, 6.07) is 0. The highest BCUT2D eigenvalue weighted by Gasteiger charge is 2.27. The van der Waals surface area contributed by atoms with Crippen LogP contribution in [-0.4, -0.2) is 35.2 Å². The Labute approximate surface area is 114 Å². The Morgan fingerprint density at radius 3 is 1.41 bits per heavy atom. The van der Waals surface area contributed by atoms with Gasteiger partial charge in [-0.1, -0.05) is 39.3 Å². The summed E-state index contributed by atoms with van der Waals surface area (Å²) in [6.07, 6.45) is 1.41. The monoisotopic (exact) mass is 314 g/mol. The highest BCUT2D eigenvalue weighted by Crippen LogP contribution is 2.50. The summed E-state index contributed by atoms with van der Waals surface area (Å²) in [7, 11) is -2.56. The Morgan fingerprint density at radius 1 is 0.824 bits per heavy atom. The molecule has 0 aliphatic rings. The van der Waals surface area contributed by atoms with Crippen molar-refractivity contribution in [3.63, 3.8) is 0 Å². The molecule has 0 fully saturated rings. The number of hydrogen-bond donors (Lipinski definition) is 0. The minimum absolute atomic E-state index is 0.550. The predicted octanol–water partition coefficient (Wildman–Crippen LogP) is 4.04. The maximum atomic E-state index is 5.80. The van der Waals surface area contributed by atoms with E-state index in [-0.39, 0.29) is 0 Å². The molecule has 0 heterocycles. The van der Waals surface area contributed by atoms with Crippen LogP contribution < -0.4 is 0 Å². The Morgan fingerprint density at radius 2 is 1.18 bits per heavy atom. The largest absolute Gasteiger partial charge is 0.326 e. The first-order valence-corrected chi connectivity index (χ1v) is 16.0. The number of hydrogen-bond acceptors (Lipinski definition) is 4. The van der Waals surface area contributed by atoms with Crippen molar-refractivity contribution in [3.8, 4) is 0 Å². The first-order chi connectivity index (χ1) is 7.47. The van der Waals surface area contributed by atoms with Gasteiger partial charge in [-0.3, -0.25) is 0 Å². The fraction of sp³-hybridized carbons (Fsp3) is 1.00. The molecule has 0 radical (unpaired) electrons. The van der Waals surface area contributed by atoms with Gasteiger partial charge in [-0.2, -0.15) is 0 Å². The average molecular weight is 315 g/mol. The van der Waals surface area contributed by atoms with Crippen LogP contribution in [0.5, 0.6) is 0 Å². The summed E-state index contributed by atoms with van der Waals surface area (Å²) in [6.45, 7) is 13.5. The first-order valence-electron chi connectivity index (χ1n) is 6.01. The summed E-state index contributed by atoms with van der Waals surface area (Å²) in [5.41, 5.74) is 0. The molecule has 0 N–H and O–H groups in total. The molecule has 0 atom stereocenters. The van der Waals surface area contributed by atoms with Gasteiger partial charge in [-0.25, -0.2) is 0 Å². The van der Waals surface area contributed by atoms with Gasteiger partial charge in [-0.15, -0.1) is 0 Å². The number of rotatable bonds is 8. The second kappa shape index (κ2) is 6.94. The van der Waals surface area contributed by atoms with Gasteiger partial charge in [0, 0.05) is 12.5 Å². The minimum atomic E-state index is -2.51. The zero-order chi connectivity index (χ0) is 13.7. The zero-order valence-corrected chi connectivity index (χ0v) is 15.9. The molecule has 104 valence electrons. The van der Waals surface area contributed by atoms with Crippen molar-refractivity contribution in [2.75, 3.05) is 19.1 Å². The second-order valence-corrected chi connectivity index (χ2v) is 20.4. The Kier molecular flexibility index (Phi) is 7.33. The van der Waals surface area contributed by atoms with E-state index in [4.69, 9.17) is 25.4 Å². The zero-order valence-electron chi connectivity index (χ0n) is 12.2. The van der Waals surface area contributed by atoms with Crippen molar-refractivity contribution >= 4 is 34.7 Å². The lowest BCUT2D eigenvalue weighted by atomic mass is 10.9. The van der Waals surface area contributed by atoms with Gasteiger partial charge in [0.25, 0.3) is 0 Å². The molecule has 0 bridgehead atoms. The van der Waals surface area contributed by atoms with Crippen LogP contribution in [-0.2, 0) is 25.4 Å². The van der Waals surface area contributed by atoms with Crippen LogP contribution in [0.3, 0.4) is 0 Å². The molecule has 0 aromatic heterocycles. The lowest BCUT2D eigenvalue weighted by Gasteiger charge is -2.27. The molecule has 0 aromatic carbocycles. The van der Waals surface area contributed by atoms with Crippen molar-refractivity contribution in [2.45, 2.75) is 46.2 Å². The first kappa shape index (κ1) is 18.0. The lowest BCUT2D eigenvalue weighted by Crippen LogP contribution is -2.30. The van der Waals surface area contributed by atoms with Crippen LogP contribution in [0.25, 0.3) is 0 Å². The van der Waals surface area contributed by atoms with Crippen LogP contribution in [0.15, 0.2) is 0 Å². The second-order valence-electron chi connectivity index (χ2n) is 6.53. The normalized spacial score (nSPS) is 14.1. The SMILES string of the molecule is CCOP(=S)(OC[Si](C)(C)C)OC[Si](C)(C)C. The maximum absolute atomic E-state index is 5.80. The molecule has 17 heavy (non-hydrogen) atoms. The van der Waals surface area contributed by atoms with Gasteiger partial charge in [0.1, 0.15) is 0 Å². The van der Waals surface area contributed by atoms with E-state index in [0.717, 1.165) is 0 Å². The standard InChI is InChI=1S/C10H27O3PSSi2/c1-8-11-14(15,12-9-16(2,3)4)13-10-17(5,6)7/h8-10H2,1-7H3. The molecule has 0 aliphatic heterocycles. The smallest absolute Gasteiger partial charge is 0.312 e. The van der Waals surface area contributed by atoms with E-state index in [1.165, 1.54) is 0 Å². The van der Waals surface area contributed by atoms with E-state index < -0.39 is 22.9 Å². The Balaban J connectivity index is 4.41. The van der Waals surface area contributed by atoms with E-state index >= 15 is 0 Å². The van der Waals surface area contributed by atoms with Crippen molar-refractivity contribution < 1.29 is 13.6 Å². The van der Waals surface area contributed by atoms with Crippen LogP contribution >= 0.6 is 6.72 Å². The third-order valence-electron chi connectivity index (χ3n) is 1.60. The van der Waals surface area contributed by atoms with Gasteiger partial charge in [0.05, 0.1) is 22.8 Å². The highest BCUT2D eigenvalue weighted by molar-refractivity contribution is 8.07. The van der Waals surface area contributed by atoms with Crippen molar-refractivity contribution in [1.82, 2.24) is 0 Å². The van der Waals surface area contributed by atoms with Crippen LogP contribution in [0.2, 0.25) is 39.3 Å². The summed E-state index contributed by atoms with van der Waals surface area (Å²) in [4.78, 5) is 0. The maximum Gasteiger partial charge on any atom is 0.326 e. The van der Waals surface area contributed by atoms with Gasteiger partial charge >= 0.3 is 6.72 Å². The molecule has 0 spiro atoms. The van der Waals surface area contributed by atoms with Gasteiger partial charge < -0.3 is 13.6 Å². The molecule has 0 aliphatic carbocycles. The van der Waals surface area contributed by atoms with E-state index in [0.29, 0.717) is 19.1 Å². The highest BCUT2D eigenvalue weighted by atomic mass is 32.5. The summed E-state index contributed by atoms with van der Waals surface area (Å²) < 4.78 is 17.1. The van der Waals surface area contributed by atoms with Crippen molar-refractivity contribution in [1.29, 1.82) is 0 Å². The molecular weight excluding hydrogens is 287 g/mol. The topological polar surface area (TPSA) is 27.7 Å². The molecule has 7 heteroatoms. The molecule has 0 unspecified atom stereocenters. The van der Waals surface area contributed by atoms with Gasteiger partial charge in [-0.05, 0) is 18.7 Å². The van der Waals surface area contributed by atoms with E-state index in [9.17, 15) is 0 Å². The Bertz CT molecular complexity index is 252. The molecule has 0 saturated carbocycles. The minimum Gasteiger partial charge on any atom is -0.312 e. The van der Waals surface area contributed by atoms with Crippen molar-refractivity contribution in [3.05, 3.63) is 0 Å². The van der Waals surface area contributed by atoms with Crippen LogP contribution in [0, 0.1) is 0 Å². The Hall–Kier alpha value is 0.964. The van der Waals surface area contributed by atoms with Crippen LogP contribution in [0.1, 0.15) is 6.92 Å². The fourth-order valence-electron chi connectivity index (χ4n) is 0.815. The third-order valence-corrected chi connectivity index (χ3v) is 6.52. The summed E-state index contributed by atoms with van der Waals surface area (Å²) in [5.74, 6) is 0. The quantitative estimate of drug-likeness (QED) is 0.499. The van der Waals surface area contributed by atoms with E-state index in [2.05, 4.69) is 39.3 Å². The van der Waals surface area contributed by atoms with Gasteiger partial charge in [0.15, 0.2) is 0 Å². The van der Waals surface area contributed by atoms with E-state index in [1.807, 2.05) is 6.92 Å². The van der Waals surface area contributed by atoms with Crippen LogP contribution in [0.4, 0.5) is 0 Å². The predicted molar refractivity (Wildman–Crippen MR) is 84.5 cm³/mol. The molecule has 0 rings (SSSR count). The molecule has 0 aromatic rings. The molecule has 3 nitrogen and oxygen atoms in total. The average Bonchev–Trinajstić information content (AvgIpc) is 2.11. The third kappa shape index (κ3) is 10.6. The lowest BCUT2D eigenvalue weighted by molar-refractivity contribution is 0.192. The summed E-state index contributed by atoms with van der Waals surface area (Å²) >= 11 is 5.43.